The maximum absolute atomic E-state index is 13.8. The van der Waals surface area contributed by atoms with Gasteiger partial charge in [-0.1, -0.05) is 13.0 Å². The average Bonchev–Trinajstić information content (AvgIpc) is 2.83. The van der Waals surface area contributed by atoms with Gasteiger partial charge < -0.3 is 9.88 Å². The Labute approximate surface area is 100 Å². The van der Waals surface area contributed by atoms with Crippen LogP contribution in [0.5, 0.6) is 0 Å². The van der Waals surface area contributed by atoms with Gasteiger partial charge in [0.2, 0.25) is 0 Å². The summed E-state index contributed by atoms with van der Waals surface area (Å²) in [7, 11) is 0. The Morgan fingerprint density at radius 1 is 1.41 bits per heavy atom. The third kappa shape index (κ3) is 2.91. The average molecular weight is 233 g/mol. The summed E-state index contributed by atoms with van der Waals surface area (Å²) >= 11 is 0. The molecule has 0 aliphatic carbocycles. The monoisotopic (exact) mass is 233 g/mol. The fourth-order valence-electron chi connectivity index (χ4n) is 1.68. The Kier molecular flexibility index (Phi) is 3.88. The number of nitrogens with one attached hydrogen (secondary N) is 1. The Morgan fingerprint density at radius 2 is 2.29 bits per heavy atom. The van der Waals surface area contributed by atoms with E-state index in [-0.39, 0.29) is 5.82 Å². The fraction of sp³-hybridized carbons (Fsp3) is 0.308. The largest absolute Gasteiger partial charge is 0.313 e. The first-order valence-corrected chi connectivity index (χ1v) is 5.78. The molecule has 0 fully saturated rings. The smallest absolute Gasteiger partial charge is 0.147 e. The lowest BCUT2D eigenvalue weighted by Gasteiger charge is -2.07. The van der Waals surface area contributed by atoms with Gasteiger partial charge in [-0.25, -0.2) is 9.37 Å². The van der Waals surface area contributed by atoms with E-state index in [1.54, 1.807) is 35.4 Å². The predicted molar refractivity (Wildman–Crippen MR) is 65.5 cm³/mol. The molecule has 0 aliphatic rings. The van der Waals surface area contributed by atoms with Crippen LogP contribution in [0.15, 0.2) is 36.9 Å². The van der Waals surface area contributed by atoms with Crippen molar-refractivity contribution in [2.45, 2.75) is 19.9 Å². The molecule has 0 unspecified atom stereocenters. The fourth-order valence-corrected chi connectivity index (χ4v) is 1.68. The zero-order valence-corrected chi connectivity index (χ0v) is 9.86. The molecule has 0 saturated carbocycles. The van der Waals surface area contributed by atoms with Crippen LogP contribution in [-0.2, 0) is 6.54 Å². The van der Waals surface area contributed by atoms with Gasteiger partial charge in [0.25, 0.3) is 0 Å². The molecule has 17 heavy (non-hydrogen) atoms. The quantitative estimate of drug-likeness (QED) is 0.804. The molecule has 2 rings (SSSR count). The Morgan fingerprint density at radius 3 is 2.94 bits per heavy atom. The van der Waals surface area contributed by atoms with Crippen molar-refractivity contribution in [2.75, 3.05) is 6.54 Å². The van der Waals surface area contributed by atoms with Crippen molar-refractivity contribution in [3.05, 3.63) is 48.3 Å². The van der Waals surface area contributed by atoms with Gasteiger partial charge in [-0.05, 0) is 30.7 Å². The van der Waals surface area contributed by atoms with Gasteiger partial charge in [0.15, 0.2) is 0 Å². The minimum atomic E-state index is -0.223. The lowest BCUT2D eigenvalue weighted by molar-refractivity contribution is 0.610. The van der Waals surface area contributed by atoms with Gasteiger partial charge >= 0.3 is 0 Å². The number of hydrogen-bond acceptors (Lipinski definition) is 2. The number of rotatable bonds is 5. The summed E-state index contributed by atoms with van der Waals surface area (Å²) < 4.78 is 15.5. The van der Waals surface area contributed by atoms with E-state index in [0.29, 0.717) is 12.2 Å². The molecule has 1 N–H and O–H groups in total. The van der Waals surface area contributed by atoms with Gasteiger partial charge in [0.05, 0.1) is 12.0 Å². The minimum Gasteiger partial charge on any atom is -0.313 e. The second-order valence-corrected chi connectivity index (χ2v) is 3.93. The van der Waals surface area contributed by atoms with Crippen LogP contribution < -0.4 is 5.32 Å². The molecule has 0 radical (unpaired) electrons. The molecular formula is C13H16FN3. The molecule has 0 atom stereocenters. The van der Waals surface area contributed by atoms with Crippen molar-refractivity contribution in [2.24, 2.45) is 0 Å². The summed E-state index contributed by atoms with van der Waals surface area (Å²) in [6.45, 7) is 3.76. The second-order valence-electron chi connectivity index (χ2n) is 3.93. The first kappa shape index (κ1) is 11.8. The molecule has 1 heterocycles. The Hall–Kier alpha value is -1.68. The number of benzene rings is 1. The molecule has 2 aromatic rings. The van der Waals surface area contributed by atoms with Crippen LogP contribution in [0.3, 0.4) is 0 Å². The van der Waals surface area contributed by atoms with Crippen LogP contribution in [0, 0.1) is 5.82 Å². The van der Waals surface area contributed by atoms with E-state index >= 15 is 0 Å². The standard InChI is InChI=1S/C13H16FN3/c1-2-5-15-9-11-3-4-13(12(14)8-11)17-7-6-16-10-17/h3-4,6-8,10,15H,2,5,9H2,1H3. The van der Waals surface area contributed by atoms with Crippen molar-refractivity contribution in [3.8, 4) is 5.69 Å². The molecule has 0 spiro atoms. The Bertz CT molecular complexity index is 466. The van der Waals surface area contributed by atoms with E-state index in [1.807, 2.05) is 6.07 Å². The van der Waals surface area contributed by atoms with Crippen molar-refractivity contribution >= 4 is 0 Å². The second kappa shape index (κ2) is 5.59. The van der Waals surface area contributed by atoms with Crippen molar-refractivity contribution < 1.29 is 4.39 Å². The summed E-state index contributed by atoms with van der Waals surface area (Å²) in [4.78, 5) is 3.91. The van der Waals surface area contributed by atoms with Crippen LogP contribution in [0.25, 0.3) is 5.69 Å². The molecule has 0 saturated heterocycles. The van der Waals surface area contributed by atoms with E-state index in [1.165, 1.54) is 0 Å². The molecule has 4 heteroatoms. The highest BCUT2D eigenvalue weighted by atomic mass is 19.1. The molecule has 0 amide bonds. The number of nitrogens with zero attached hydrogens (tertiary/aromatic N) is 2. The number of hydrogen-bond donors (Lipinski definition) is 1. The summed E-state index contributed by atoms with van der Waals surface area (Å²) in [5.74, 6) is -0.223. The number of aromatic nitrogens is 2. The van der Waals surface area contributed by atoms with Crippen LogP contribution in [0.4, 0.5) is 4.39 Å². The van der Waals surface area contributed by atoms with Crippen molar-refractivity contribution in [1.29, 1.82) is 0 Å². The van der Waals surface area contributed by atoms with Gasteiger partial charge in [-0.3, -0.25) is 0 Å². The minimum absolute atomic E-state index is 0.223. The van der Waals surface area contributed by atoms with Gasteiger partial charge in [0, 0.05) is 18.9 Å². The zero-order chi connectivity index (χ0) is 12.1. The molecule has 90 valence electrons. The van der Waals surface area contributed by atoms with Crippen LogP contribution >= 0.6 is 0 Å². The zero-order valence-electron chi connectivity index (χ0n) is 9.86. The maximum atomic E-state index is 13.8. The molecule has 3 nitrogen and oxygen atoms in total. The van der Waals surface area contributed by atoms with E-state index in [9.17, 15) is 4.39 Å². The normalized spacial score (nSPS) is 10.7. The maximum Gasteiger partial charge on any atom is 0.147 e. The van der Waals surface area contributed by atoms with E-state index < -0.39 is 0 Å². The van der Waals surface area contributed by atoms with E-state index in [0.717, 1.165) is 18.5 Å². The summed E-state index contributed by atoms with van der Waals surface area (Å²) in [5, 5.41) is 3.25. The number of halogens is 1. The summed E-state index contributed by atoms with van der Waals surface area (Å²) in [5.41, 5.74) is 1.49. The van der Waals surface area contributed by atoms with E-state index in [2.05, 4.69) is 17.2 Å². The highest BCUT2D eigenvalue weighted by molar-refractivity contribution is 5.36. The van der Waals surface area contributed by atoms with Gasteiger partial charge in [-0.2, -0.15) is 0 Å². The highest BCUT2D eigenvalue weighted by Crippen LogP contribution is 2.14. The predicted octanol–water partition coefficient (Wildman–Crippen LogP) is 2.51. The topological polar surface area (TPSA) is 29.9 Å². The molecule has 0 bridgehead atoms. The summed E-state index contributed by atoms with van der Waals surface area (Å²) in [6, 6.07) is 5.28. The third-order valence-electron chi connectivity index (χ3n) is 2.55. The van der Waals surface area contributed by atoms with Gasteiger partial charge in [0.1, 0.15) is 5.82 Å². The van der Waals surface area contributed by atoms with E-state index in [4.69, 9.17) is 0 Å². The SMILES string of the molecule is CCCNCc1ccc(-n2ccnc2)c(F)c1. The Balaban J connectivity index is 2.12. The van der Waals surface area contributed by atoms with Crippen molar-refractivity contribution in [3.63, 3.8) is 0 Å². The lowest BCUT2D eigenvalue weighted by Crippen LogP contribution is -2.14. The number of imidazole rings is 1. The van der Waals surface area contributed by atoms with Crippen LogP contribution in [-0.4, -0.2) is 16.1 Å². The summed E-state index contributed by atoms with van der Waals surface area (Å²) in [6.07, 6.45) is 6.03. The molecular weight excluding hydrogens is 217 g/mol. The van der Waals surface area contributed by atoms with Crippen molar-refractivity contribution in [1.82, 2.24) is 14.9 Å². The first-order valence-electron chi connectivity index (χ1n) is 5.78. The molecule has 1 aromatic heterocycles. The molecule has 1 aromatic carbocycles. The van der Waals surface area contributed by atoms with Crippen LogP contribution in [0.1, 0.15) is 18.9 Å². The molecule has 0 aliphatic heterocycles. The van der Waals surface area contributed by atoms with Crippen LogP contribution in [0.2, 0.25) is 0 Å². The lowest BCUT2D eigenvalue weighted by atomic mass is 10.2. The highest BCUT2D eigenvalue weighted by Gasteiger charge is 2.04. The van der Waals surface area contributed by atoms with Gasteiger partial charge in [-0.15, -0.1) is 0 Å². The first-order chi connectivity index (χ1) is 8.31. The third-order valence-corrected chi connectivity index (χ3v) is 2.55.